The molecule has 0 saturated heterocycles. The topological polar surface area (TPSA) is 102 Å². The lowest BCUT2D eigenvalue weighted by Gasteiger charge is -2.55. The van der Waals surface area contributed by atoms with Crippen LogP contribution in [0.1, 0.15) is 42.2 Å². The molecule has 0 radical (unpaired) electrons. The van der Waals surface area contributed by atoms with Gasteiger partial charge in [0.1, 0.15) is 11.3 Å². The molecule has 2 aromatic heterocycles. The number of nitrogens with zero attached hydrogens (tertiary/aromatic N) is 2. The zero-order chi connectivity index (χ0) is 16.2. The highest BCUT2D eigenvalue weighted by Gasteiger charge is 2.53. The maximum absolute atomic E-state index is 12.5. The van der Waals surface area contributed by atoms with Crippen LogP contribution >= 0.6 is 0 Å². The molecule has 3 aliphatic carbocycles. The summed E-state index contributed by atoms with van der Waals surface area (Å²) in [6.45, 7) is 1.82. The quantitative estimate of drug-likeness (QED) is 0.786. The number of fused-ring (bicyclic) bond motifs is 3. The predicted octanol–water partition coefficient (Wildman–Crippen LogP) is 1.71. The zero-order valence-corrected chi connectivity index (χ0v) is 12.8. The number of aromatic nitrogens is 2. The monoisotopic (exact) mass is 310 g/mol. The number of aliphatic hydroxyl groups is 1. The fraction of sp³-hybridized carbons (Fsp3) is 0.471. The summed E-state index contributed by atoms with van der Waals surface area (Å²) < 4.78 is 0. The Morgan fingerprint density at radius 2 is 2.30 bits per heavy atom. The predicted molar refractivity (Wildman–Crippen MR) is 83.5 cm³/mol. The van der Waals surface area contributed by atoms with Crippen molar-refractivity contribution in [2.75, 3.05) is 0 Å². The Morgan fingerprint density at radius 1 is 1.52 bits per heavy atom. The molecule has 6 heteroatoms. The van der Waals surface area contributed by atoms with Gasteiger partial charge in [0.25, 0.3) is 5.91 Å². The van der Waals surface area contributed by atoms with Crippen LogP contribution in [-0.2, 0) is 0 Å². The third-order valence-corrected chi connectivity index (χ3v) is 5.54. The summed E-state index contributed by atoms with van der Waals surface area (Å²) >= 11 is 0. The SMILES string of the molecule is C[C@@]1(O)C2CC(C2)C[C@@H]1NC(=O)c1cc2c(C#N)ccnc2[nH]1. The molecule has 0 unspecified atom stereocenters. The summed E-state index contributed by atoms with van der Waals surface area (Å²) in [4.78, 5) is 19.6. The van der Waals surface area contributed by atoms with Crippen molar-refractivity contribution < 1.29 is 9.90 Å². The molecule has 3 N–H and O–H groups in total. The normalized spacial score (nSPS) is 32.1. The van der Waals surface area contributed by atoms with Gasteiger partial charge in [0, 0.05) is 11.6 Å². The number of nitrogens with one attached hydrogen (secondary N) is 2. The first-order valence-corrected chi connectivity index (χ1v) is 7.90. The number of rotatable bonds is 2. The van der Waals surface area contributed by atoms with Crippen molar-refractivity contribution in [3.8, 4) is 6.07 Å². The molecule has 0 spiro atoms. The third-order valence-electron chi connectivity index (χ3n) is 5.54. The minimum atomic E-state index is -0.855. The van der Waals surface area contributed by atoms with Crippen LogP contribution in [0.15, 0.2) is 18.3 Å². The van der Waals surface area contributed by atoms with E-state index < -0.39 is 5.60 Å². The van der Waals surface area contributed by atoms with E-state index in [4.69, 9.17) is 5.26 Å². The van der Waals surface area contributed by atoms with Gasteiger partial charge in [0.05, 0.1) is 23.3 Å². The number of nitriles is 1. The molecule has 3 saturated carbocycles. The fourth-order valence-electron chi connectivity index (χ4n) is 3.95. The molecular weight excluding hydrogens is 292 g/mol. The van der Waals surface area contributed by atoms with Gasteiger partial charge in [-0.3, -0.25) is 4.79 Å². The summed E-state index contributed by atoms with van der Waals surface area (Å²) in [5.41, 5.74) is 0.515. The van der Waals surface area contributed by atoms with Crippen molar-refractivity contribution in [2.45, 2.75) is 37.8 Å². The Morgan fingerprint density at radius 3 is 3.00 bits per heavy atom. The third kappa shape index (κ3) is 2.12. The van der Waals surface area contributed by atoms with Crippen LogP contribution in [-0.4, -0.2) is 32.6 Å². The summed E-state index contributed by atoms with van der Waals surface area (Å²) in [6, 6.07) is 5.13. The number of H-pyrrole nitrogens is 1. The van der Waals surface area contributed by atoms with Crippen LogP contribution in [0.25, 0.3) is 11.0 Å². The van der Waals surface area contributed by atoms with Gasteiger partial charge in [-0.25, -0.2) is 4.98 Å². The highest BCUT2D eigenvalue weighted by atomic mass is 16.3. The number of hydrogen-bond acceptors (Lipinski definition) is 4. The molecule has 2 bridgehead atoms. The highest BCUT2D eigenvalue weighted by molar-refractivity contribution is 5.98. The Balaban J connectivity index is 1.59. The second-order valence-corrected chi connectivity index (χ2v) is 6.94. The van der Waals surface area contributed by atoms with Crippen LogP contribution in [0.5, 0.6) is 0 Å². The molecule has 1 amide bonds. The number of carbonyl (C=O) groups is 1. The van der Waals surface area contributed by atoms with Gasteiger partial charge < -0.3 is 15.4 Å². The first kappa shape index (κ1) is 14.2. The number of amides is 1. The standard InChI is InChI=1S/C17H18N4O2/c1-17(23)11-4-9(5-11)6-14(17)21-16(22)13-7-12-10(8-18)2-3-19-15(12)20-13/h2-3,7,9,11,14,23H,4-6H2,1H3,(H,19,20)(H,21,22)/t9?,11?,14-,17+/m0/s1. The lowest BCUT2D eigenvalue weighted by atomic mass is 9.56. The van der Waals surface area contributed by atoms with E-state index in [0.717, 1.165) is 19.3 Å². The Hall–Kier alpha value is -2.39. The first-order chi connectivity index (χ1) is 11.0. The van der Waals surface area contributed by atoms with Crippen LogP contribution in [0.2, 0.25) is 0 Å². The van der Waals surface area contributed by atoms with Crippen molar-refractivity contribution >= 4 is 16.9 Å². The van der Waals surface area contributed by atoms with Crippen molar-refractivity contribution in [1.29, 1.82) is 5.26 Å². The Kier molecular flexibility index (Phi) is 2.97. The summed E-state index contributed by atoms with van der Waals surface area (Å²) in [7, 11) is 0. The second kappa shape index (κ2) is 4.80. The smallest absolute Gasteiger partial charge is 0.268 e. The van der Waals surface area contributed by atoms with Crippen molar-refractivity contribution in [3.05, 3.63) is 29.6 Å². The molecule has 3 fully saturated rings. The molecule has 2 heterocycles. The van der Waals surface area contributed by atoms with Crippen LogP contribution in [0.4, 0.5) is 0 Å². The zero-order valence-electron chi connectivity index (χ0n) is 12.8. The van der Waals surface area contributed by atoms with Gasteiger partial charge in [-0.05, 0) is 50.2 Å². The van der Waals surface area contributed by atoms with E-state index in [-0.39, 0.29) is 17.9 Å². The van der Waals surface area contributed by atoms with Crippen LogP contribution < -0.4 is 5.32 Å². The molecule has 5 rings (SSSR count). The van der Waals surface area contributed by atoms with Crippen molar-refractivity contribution in [3.63, 3.8) is 0 Å². The van der Waals surface area contributed by atoms with E-state index in [1.807, 2.05) is 6.92 Å². The number of carbonyl (C=O) groups excluding carboxylic acids is 1. The molecule has 6 nitrogen and oxygen atoms in total. The van der Waals surface area contributed by atoms with E-state index in [1.54, 1.807) is 18.3 Å². The number of pyridine rings is 1. The number of aromatic amines is 1. The Bertz CT molecular complexity index is 827. The first-order valence-electron chi connectivity index (χ1n) is 7.90. The molecule has 23 heavy (non-hydrogen) atoms. The van der Waals surface area contributed by atoms with E-state index in [9.17, 15) is 9.90 Å². The van der Waals surface area contributed by atoms with Gasteiger partial charge >= 0.3 is 0 Å². The van der Waals surface area contributed by atoms with Gasteiger partial charge in [-0.1, -0.05) is 0 Å². The molecular formula is C17H18N4O2. The van der Waals surface area contributed by atoms with E-state index in [2.05, 4.69) is 21.4 Å². The maximum atomic E-state index is 12.5. The van der Waals surface area contributed by atoms with Gasteiger partial charge in [-0.15, -0.1) is 0 Å². The van der Waals surface area contributed by atoms with Gasteiger partial charge in [-0.2, -0.15) is 5.26 Å². The van der Waals surface area contributed by atoms with E-state index in [1.165, 1.54) is 0 Å². The maximum Gasteiger partial charge on any atom is 0.268 e. The highest BCUT2D eigenvalue weighted by Crippen LogP contribution is 2.50. The lowest BCUT2D eigenvalue weighted by molar-refractivity contribution is -0.127. The summed E-state index contributed by atoms with van der Waals surface area (Å²) in [5, 5.41) is 23.4. The van der Waals surface area contributed by atoms with Gasteiger partial charge in [0.15, 0.2) is 0 Å². The Labute approximate surface area is 133 Å². The minimum Gasteiger partial charge on any atom is -0.388 e. The average Bonchev–Trinajstić information content (AvgIpc) is 2.91. The van der Waals surface area contributed by atoms with Crippen molar-refractivity contribution in [2.24, 2.45) is 11.8 Å². The summed E-state index contributed by atoms with van der Waals surface area (Å²) in [5.74, 6) is 0.625. The molecule has 0 aromatic carbocycles. The largest absolute Gasteiger partial charge is 0.388 e. The van der Waals surface area contributed by atoms with Crippen LogP contribution in [0, 0.1) is 23.2 Å². The minimum absolute atomic E-state index is 0.234. The average molecular weight is 310 g/mol. The van der Waals surface area contributed by atoms with E-state index in [0.29, 0.717) is 28.2 Å². The molecule has 3 aliphatic rings. The second-order valence-electron chi connectivity index (χ2n) is 6.94. The van der Waals surface area contributed by atoms with Crippen LogP contribution in [0.3, 0.4) is 0 Å². The molecule has 2 atom stereocenters. The van der Waals surface area contributed by atoms with E-state index >= 15 is 0 Å². The molecule has 118 valence electrons. The lowest BCUT2D eigenvalue weighted by Crippen LogP contribution is -2.63. The number of hydrogen-bond donors (Lipinski definition) is 3. The fourth-order valence-corrected chi connectivity index (χ4v) is 3.95. The molecule has 2 aromatic rings. The molecule has 0 aliphatic heterocycles. The van der Waals surface area contributed by atoms with Crippen molar-refractivity contribution in [1.82, 2.24) is 15.3 Å². The summed E-state index contributed by atoms with van der Waals surface area (Å²) in [6.07, 6.45) is 4.47. The van der Waals surface area contributed by atoms with Gasteiger partial charge in [0.2, 0.25) is 0 Å².